The summed E-state index contributed by atoms with van der Waals surface area (Å²) < 4.78 is 5.12. The van der Waals surface area contributed by atoms with Gasteiger partial charge < -0.3 is 9.84 Å². The Morgan fingerprint density at radius 1 is 1.30 bits per heavy atom. The van der Waals surface area contributed by atoms with Gasteiger partial charge in [-0.3, -0.25) is 0 Å². The van der Waals surface area contributed by atoms with Gasteiger partial charge in [0.1, 0.15) is 0 Å². The van der Waals surface area contributed by atoms with Crippen LogP contribution >= 0.6 is 0 Å². The van der Waals surface area contributed by atoms with Crippen molar-refractivity contribution in [2.24, 2.45) is 11.8 Å². The van der Waals surface area contributed by atoms with Crippen LogP contribution < -0.4 is 0 Å². The molecule has 1 N–H and O–H groups in total. The van der Waals surface area contributed by atoms with Crippen LogP contribution in [0.25, 0.3) is 0 Å². The molecular formula is C8H12O2. The lowest BCUT2D eigenvalue weighted by molar-refractivity contribution is -0.0816. The van der Waals surface area contributed by atoms with Gasteiger partial charge in [0.15, 0.2) is 6.29 Å². The SMILES string of the molecule is OC1OC[C@H]2CC=CC[C@H]12. The largest absolute Gasteiger partial charge is 0.368 e. The fourth-order valence-electron chi connectivity index (χ4n) is 1.78. The van der Waals surface area contributed by atoms with Crippen molar-refractivity contribution in [1.29, 1.82) is 0 Å². The van der Waals surface area contributed by atoms with Crippen molar-refractivity contribution in [3.05, 3.63) is 12.2 Å². The molecule has 0 bridgehead atoms. The number of hydrogen-bond acceptors (Lipinski definition) is 2. The molecule has 3 atom stereocenters. The molecule has 2 nitrogen and oxygen atoms in total. The van der Waals surface area contributed by atoms with Gasteiger partial charge in [-0.15, -0.1) is 0 Å². The maximum Gasteiger partial charge on any atom is 0.158 e. The molecule has 2 heteroatoms. The molecule has 0 aromatic rings. The molecule has 2 rings (SSSR count). The minimum absolute atomic E-state index is 0.380. The summed E-state index contributed by atoms with van der Waals surface area (Å²) in [5.74, 6) is 0.963. The second-order valence-corrected chi connectivity index (χ2v) is 3.09. The van der Waals surface area contributed by atoms with Gasteiger partial charge in [-0.2, -0.15) is 0 Å². The zero-order chi connectivity index (χ0) is 6.97. The summed E-state index contributed by atoms with van der Waals surface area (Å²) in [6.45, 7) is 0.746. The lowest BCUT2D eigenvalue weighted by atomic mass is 9.85. The van der Waals surface area contributed by atoms with E-state index < -0.39 is 6.29 Å². The van der Waals surface area contributed by atoms with Crippen LogP contribution in [0.4, 0.5) is 0 Å². The molecule has 2 aliphatic rings. The number of allylic oxidation sites excluding steroid dienone is 2. The van der Waals surface area contributed by atoms with E-state index in [4.69, 9.17) is 4.74 Å². The molecule has 56 valence electrons. The topological polar surface area (TPSA) is 29.5 Å². The zero-order valence-corrected chi connectivity index (χ0v) is 5.86. The van der Waals surface area contributed by atoms with Gasteiger partial charge in [0.2, 0.25) is 0 Å². The maximum atomic E-state index is 9.27. The Labute approximate surface area is 60.5 Å². The average molecular weight is 140 g/mol. The number of rotatable bonds is 0. The van der Waals surface area contributed by atoms with Crippen molar-refractivity contribution in [3.63, 3.8) is 0 Å². The second-order valence-electron chi connectivity index (χ2n) is 3.09. The fraction of sp³-hybridized carbons (Fsp3) is 0.750. The van der Waals surface area contributed by atoms with E-state index >= 15 is 0 Å². The van der Waals surface area contributed by atoms with Crippen molar-refractivity contribution < 1.29 is 9.84 Å². The average Bonchev–Trinajstić information content (AvgIpc) is 2.34. The van der Waals surface area contributed by atoms with Crippen molar-refractivity contribution in [1.82, 2.24) is 0 Å². The molecule has 0 aromatic heterocycles. The predicted molar refractivity (Wildman–Crippen MR) is 37.3 cm³/mol. The van der Waals surface area contributed by atoms with Crippen LogP contribution in [-0.4, -0.2) is 18.0 Å². The maximum absolute atomic E-state index is 9.27. The number of fused-ring (bicyclic) bond motifs is 1. The fourth-order valence-corrected chi connectivity index (χ4v) is 1.78. The molecule has 0 spiro atoms. The van der Waals surface area contributed by atoms with E-state index in [1.165, 1.54) is 0 Å². The molecule has 0 aromatic carbocycles. The van der Waals surface area contributed by atoms with Gasteiger partial charge in [-0.05, 0) is 18.8 Å². The van der Waals surface area contributed by atoms with E-state index in [1.807, 2.05) is 0 Å². The Hall–Kier alpha value is -0.340. The van der Waals surface area contributed by atoms with Crippen LogP contribution in [-0.2, 0) is 4.74 Å². The highest BCUT2D eigenvalue weighted by atomic mass is 16.6. The molecule has 1 heterocycles. The highest BCUT2D eigenvalue weighted by molar-refractivity contribution is 4.97. The van der Waals surface area contributed by atoms with Gasteiger partial charge in [-0.1, -0.05) is 12.2 Å². The predicted octanol–water partition coefficient (Wildman–Crippen LogP) is 0.917. The molecule has 0 radical (unpaired) electrons. The first kappa shape index (κ1) is 6.38. The van der Waals surface area contributed by atoms with Gasteiger partial charge >= 0.3 is 0 Å². The molecule has 0 amide bonds. The Bertz CT molecular complexity index is 153. The Morgan fingerprint density at radius 3 is 2.90 bits per heavy atom. The number of aliphatic hydroxyl groups is 1. The third-order valence-corrected chi connectivity index (χ3v) is 2.47. The van der Waals surface area contributed by atoms with Crippen LogP contribution in [0.3, 0.4) is 0 Å². The Morgan fingerprint density at radius 2 is 2.10 bits per heavy atom. The lowest BCUT2D eigenvalue weighted by Crippen LogP contribution is -2.20. The van der Waals surface area contributed by atoms with Crippen molar-refractivity contribution in [2.45, 2.75) is 19.1 Å². The summed E-state index contributed by atoms with van der Waals surface area (Å²) in [5.41, 5.74) is 0. The smallest absolute Gasteiger partial charge is 0.158 e. The Kier molecular flexibility index (Phi) is 1.51. The highest BCUT2D eigenvalue weighted by Gasteiger charge is 2.35. The van der Waals surface area contributed by atoms with E-state index in [0.717, 1.165) is 19.4 Å². The molecule has 0 saturated carbocycles. The van der Waals surface area contributed by atoms with Gasteiger partial charge in [-0.25, -0.2) is 0 Å². The van der Waals surface area contributed by atoms with Crippen LogP contribution in [0.1, 0.15) is 12.8 Å². The molecule has 1 saturated heterocycles. The molecule has 1 aliphatic heterocycles. The number of aliphatic hydroxyl groups excluding tert-OH is 1. The zero-order valence-electron chi connectivity index (χ0n) is 5.86. The first-order valence-corrected chi connectivity index (χ1v) is 3.82. The Balaban J connectivity index is 2.10. The minimum atomic E-state index is -0.491. The summed E-state index contributed by atoms with van der Waals surface area (Å²) in [6.07, 6.45) is 5.91. The molecular weight excluding hydrogens is 128 g/mol. The first-order valence-electron chi connectivity index (χ1n) is 3.82. The van der Waals surface area contributed by atoms with E-state index in [-0.39, 0.29) is 0 Å². The monoisotopic (exact) mass is 140 g/mol. The number of hydrogen-bond donors (Lipinski definition) is 1. The minimum Gasteiger partial charge on any atom is -0.368 e. The van der Waals surface area contributed by atoms with E-state index in [9.17, 15) is 5.11 Å². The standard InChI is InChI=1S/C8H12O2/c9-8-7-4-2-1-3-6(7)5-10-8/h1-2,6-9H,3-5H2/t6-,7+,8?/m1/s1. The lowest BCUT2D eigenvalue weighted by Gasteiger charge is -2.19. The van der Waals surface area contributed by atoms with Crippen molar-refractivity contribution in [3.8, 4) is 0 Å². The van der Waals surface area contributed by atoms with E-state index in [1.54, 1.807) is 0 Å². The van der Waals surface area contributed by atoms with Crippen LogP contribution in [0.15, 0.2) is 12.2 Å². The second kappa shape index (κ2) is 2.36. The number of ether oxygens (including phenoxy) is 1. The van der Waals surface area contributed by atoms with Gasteiger partial charge in [0.05, 0.1) is 6.61 Å². The highest BCUT2D eigenvalue weighted by Crippen LogP contribution is 2.34. The van der Waals surface area contributed by atoms with Gasteiger partial charge in [0, 0.05) is 5.92 Å². The molecule has 1 unspecified atom stereocenters. The summed E-state index contributed by atoms with van der Waals surface area (Å²) >= 11 is 0. The summed E-state index contributed by atoms with van der Waals surface area (Å²) in [5, 5.41) is 9.27. The van der Waals surface area contributed by atoms with E-state index in [0.29, 0.717) is 11.8 Å². The molecule has 1 fully saturated rings. The first-order chi connectivity index (χ1) is 4.88. The van der Waals surface area contributed by atoms with Gasteiger partial charge in [0.25, 0.3) is 0 Å². The van der Waals surface area contributed by atoms with E-state index in [2.05, 4.69) is 12.2 Å². The van der Waals surface area contributed by atoms with Crippen molar-refractivity contribution in [2.75, 3.05) is 6.61 Å². The van der Waals surface area contributed by atoms with Crippen molar-refractivity contribution >= 4 is 0 Å². The third-order valence-electron chi connectivity index (χ3n) is 2.47. The normalized spacial score (nSPS) is 45.5. The summed E-state index contributed by atoms with van der Waals surface area (Å²) in [4.78, 5) is 0. The van der Waals surface area contributed by atoms with Crippen LogP contribution in [0.2, 0.25) is 0 Å². The molecule has 10 heavy (non-hydrogen) atoms. The third kappa shape index (κ3) is 0.879. The quantitative estimate of drug-likeness (QED) is 0.507. The molecule has 1 aliphatic carbocycles. The summed E-state index contributed by atoms with van der Waals surface area (Å²) in [6, 6.07) is 0. The van der Waals surface area contributed by atoms with Crippen LogP contribution in [0, 0.1) is 11.8 Å². The van der Waals surface area contributed by atoms with Crippen LogP contribution in [0.5, 0.6) is 0 Å². The summed E-state index contributed by atoms with van der Waals surface area (Å²) in [7, 11) is 0.